The first kappa shape index (κ1) is 30.8. The summed E-state index contributed by atoms with van der Waals surface area (Å²) >= 11 is 0. The molecule has 0 saturated carbocycles. The van der Waals surface area contributed by atoms with E-state index >= 15 is 0 Å². The van der Waals surface area contributed by atoms with Gasteiger partial charge in [-0.15, -0.1) is 0 Å². The molecule has 1 atom stereocenters. The lowest BCUT2D eigenvalue weighted by Crippen LogP contribution is -2.52. The smallest absolute Gasteiger partial charge is 0.264 e. The van der Waals surface area contributed by atoms with E-state index in [1.165, 1.54) is 29.2 Å². The normalized spacial score (nSPS) is 12.0. The molecule has 0 bridgehead atoms. The predicted molar refractivity (Wildman–Crippen MR) is 156 cm³/mol. The van der Waals surface area contributed by atoms with Crippen LogP contribution in [0, 0.1) is 5.82 Å². The van der Waals surface area contributed by atoms with Gasteiger partial charge >= 0.3 is 0 Å². The minimum absolute atomic E-state index is 0.0206. The molecule has 0 aliphatic carbocycles. The van der Waals surface area contributed by atoms with Crippen LogP contribution in [0.15, 0.2) is 83.8 Å². The molecule has 0 radical (unpaired) electrons. The number of unbranched alkanes of at least 4 members (excludes halogenated alkanes) is 1. The van der Waals surface area contributed by atoms with Gasteiger partial charge in [0.25, 0.3) is 10.0 Å². The van der Waals surface area contributed by atoms with E-state index < -0.39 is 34.3 Å². The molecule has 1 N–H and O–H groups in total. The van der Waals surface area contributed by atoms with E-state index in [9.17, 15) is 22.4 Å². The monoisotopic (exact) mass is 567 g/mol. The highest BCUT2D eigenvalue weighted by atomic mass is 32.2. The zero-order valence-corrected chi connectivity index (χ0v) is 24.2. The van der Waals surface area contributed by atoms with E-state index in [0.717, 1.165) is 29.1 Å². The van der Waals surface area contributed by atoms with Crippen molar-refractivity contribution in [1.82, 2.24) is 10.2 Å². The summed E-state index contributed by atoms with van der Waals surface area (Å²) in [4.78, 5) is 28.6. The Morgan fingerprint density at radius 2 is 1.50 bits per heavy atom. The molecule has 0 aromatic heterocycles. The van der Waals surface area contributed by atoms with Gasteiger partial charge in [0.15, 0.2) is 0 Å². The third kappa shape index (κ3) is 7.91. The molecule has 0 aliphatic heterocycles. The van der Waals surface area contributed by atoms with Crippen LogP contribution in [0.25, 0.3) is 0 Å². The fourth-order valence-corrected chi connectivity index (χ4v) is 5.79. The molecule has 0 aliphatic rings. The van der Waals surface area contributed by atoms with Crippen molar-refractivity contribution in [3.8, 4) is 0 Å². The topological polar surface area (TPSA) is 86.8 Å². The Kier molecular flexibility index (Phi) is 11.3. The van der Waals surface area contributed by atoms with Gasteiger partial charge in [0, 0.05) is 13.1 Å². The summed E-state index contributed by atoms with van der Waals surface area (Å²) in [5, 5.41) is 2.89. The van der Waals surface area contributed by atoms with Gasteiger partial charge in [-0.3, -0.25) is 13.9 Å². The fraction of sp³-hybridized carbons (Fsp3) is 0.355. The number of aryl methyl sites for hydroxylation is 1. The highest BCUT2D eigenvalue weighted by molar-refractivity contribution is 7.92. The van der Waals surface area contributed by atoms with Crippen LogP contribution in [0.1, 0.15) is 51.2 Å². The zero-order chi connectivity index (χ0) is 29.1. The molecule has 0 fully saturated rings. The summed E-state index contributed by atoms with van der Waals surface area (Å²) in [7, 11) is -4.12. The van der Waals surface area contributed by atoms with Gasteiger partial charge in [-0.25, -0.2) is 12.8 Å². The van der Waals surface area contributed by atoms with Crippen molar-refractivity contribution in [1.29, 1.82) is 0 Å². The molecule has 0 spiro atoms. The van der Waals surface area contributed by atoms with Crippen LogP contribution in [0.2, 0.25) is 0 Å². The number of anilines is 1. The number of nitrogens with zero attached hydrogens (tertiary/aromatic N) is 2. The average molecular weight is 568 g/mol. The molecule has 3 aromatic rings. The molecule has 2 amide bonds. The van der Waals surface area contributed by atoms with Gasteiger partial charge in [0.05, 0.1) is 10.6 Å². The van der Waals surface area contributed by atoms with Crippen LogP contribution >= 0.6 is 0 Å². The number of nitrogens with one attached hydrogen (secondary N) is 1. The Balaban J connectivity index is 2.02. The van der Waals surface area contributed by atoms with Crippen LogP contribution in [-0.4, -0.2) is 44.3 Å². The van der Waals surface area contributed by atoms with Crippen LogP contribution in [0.5, 0.6) is 0 Å². The van der Waals surface area contributed by atoms with Crippen LogP contribution in [0.3, 0.4) is 0 Å². The third-order valence-electron chi connectivity index (χ3n) is 6.72. The Morgan fingerprint density at radius 1 is 0.875 bits per heavy atom. The number of amides is 2. The quantitative estimate of drug-likeness (QED) is 0.268. The predicted octanol–water partition coefficient (Wildman–Crippen LogP) is 5.31. The molecule has 1 unspecified atom stereocenters. The summed E-state index contributed by atoms with van der Waals surface area (Å²) in [6.07, 6.45) is 2.80. The summed E-state index contributed by atoms with van der Waals surface area (Å²) in [5.41, 5.74) is 2.00. The molecule has 0 heterocycles. The number of sulfonamides is 1. The number of hydrogen-bond donors (Lipinski definition) is 1. The van der Waals surface area contributed by atoms with Crippen molar-refractivity contribution < 1.29 is 22.4 Å². The molecule has 0 saturated heterocycles. The number of halogens is 1. The first-order valence-corrected chi connectivity index (χ1v) is 15.1. The highest BCUT2D eigenvalue weighted by Gasteiger charge is 2.33. The van der Waals surface area contributed by atoms with Crippen molar-refractivity contribution in [3.05, 3.63) is 95.8 Å². The Morgan fingerprint density at radius 3 is 2.08 bits per heavy atom. The first-order chi connectivity index (χ1) is 19.2. The second kappa shape index (κ2) is 14.6. The first-order valence-electron chi connectivity index (χ1n) is 13.7. The third-order valence-corrected chi connectivity index (χ3v) is 8.51. The maximum atomic E-state index is 14.0. The minimum atomic E-state index is -4.12. The van der Waals surface area contributed by atoms with Crippen LogP contribution in [-0.2, 0) is 32.6 Å². The highest BCUT2D eigenvalue weighted by Crippen LogP contribution is 2.25. The van der Waals surface area contributed by atoms with Crippen molar-refractivity contribution >= 4 is 27.5 Å². The maximum absolute atomic E-state index is 14.0. The van der Waals surface area contributed by atoms with Crippen LogP contribution in [0.4, 0.5) is 10.1 Å². The number of hydrogen-bond acceptors (Lipinski definition) is 4. The lowest BCUT2D eigenvalue weighted by molar-refractivity contribution is -0.140. The lowest BCUT2D eigenvalue weighted by atomic mass is 10.1. The van der Waals surface area contributed by atoms with Crippen molar-refractivity contribution in [2.75, 3.05) is 17.4 Å². The van der Waals surface area contributed by atoms with E-state index in [1.54, 1.807) is 49.4 Å². The lowest BCUT2D eigenvalue weighted by Gasteiger charge is -2.33. The summed E-state index contributed by atoms with van der Waals surface area (Å²) in [6.45, 7) is 5.80. The van der Waals surface area contributed by atoms with Gasteiger partial charge in [-0.2, -0.15) is 0 Å². The van der Waals surface area contributed by atoms with Gasteiger partial charge in [-0.05, 0) is 66.8 Å². The number of carbonyl (C=O) groups excluding carboxylic acids is 2. The average Bonchev–Trinajstić information content (AvgIpc) is 2.97. The number of rotatable bonds is 14. The number of benzene rings is 3. The Labute approximate surface area is 237 Å². The van der Waals surface area contributed by atoms with Crippen LogP contribution < -0.4 is 9.62 Å². The Hall–Kier alpha value is -3.72. The standard InChI is InChI=1S/C31H38FN3O4S/c1-4-7-21-33-31(37)29(6-3)34(22-25-13-17-26(32)18-14-25)30(36)23-35(27-19-15-24(5-2)16-20-27)40(38,39)28-11-9-8-10-12-28/h8-20,29H,4-7,21-23H2,1-3H3,(H,33,37). The zero-order valence-electron chi connectivity index (χ0n) is 23.3. The van der Waals surface area contributed by atoms with Gasteiger partial charge in [0.1, 0.15) is 18.4 Å². The van der Waals surface area contributed by atoms with E-state index in [-0.39, 0.29) is 17.3 Å². The maximum Gasteiger partial charge on any atom is 0.264 e. The molecular formula is C31H38FN3O4S. The molecule has 214 valence electrons. The SMILES string of the molecule is CCCCNC(=O)C(CC)N(Cc1ccc(F)cc1)C(=O)CN(c1ccc(CC)cc1)S(=O)(=O)c1ccccc1. The fourth-order valence-electron chi connectivity index (χ4n) is 4.36. The molecular weight excluding hydrogens is 529 g/mol. The van der Waals surface area contributed by atoms with Gasteiger partial charge in [-0.1, -0.05) is 69.7 Å². The molecule has 3 rings (SSSR count). The largest absolute Gasteiger partial charge is 0.354 e. The van der Waals surface area contributed by atoms with Gasteiger partial charge in [0.2, 0.25) is 11.8 Å². The second-order valence-electron chi connectivity index (χ2n) is 9.56. The van der Waals surface area contributed by atoms with Crippen molar-refractivity contribution in [2.24, 2.45) is 0 Å². The molecule has 9 heteroatoms. The van der Waals surface area contributed by atoms with E-state index in [4.69, 9.17) is 0 Å². The summed E-state index contributed by atoms with van der Waals surface area (Å²) in [6, 6.07) is 19.8. The molecule has 7 nitrogen and oxygen atoms in total. The van der Waals surface area contributed by atoms with E-state index in [2.05, 4.69) is 5.32 Å². The van der Waals surface area contributed by atoms with Crippen molar-refractivity contribution in [3.63, 3.8) is 0 Å². The molecule has 40 heavy (non-hydrogen) atoms. The summed E-state index contributed by atoms with van der Waals surface area (Å²) < 4.78 is 42.3. The van der Waals surface area contributed by atoms with Gasteiger partial charge < -0.3 is 10.2 Å². The second-order valence-corrected chi connectivity index (χ2v) is 11.4. The van der Waals surface area contributed by atoms with Crippen molar-refractivity contribution in [2.45, 2.75) is 63.9 Å². The summed E-state index contributed by atoms with van der Waals surface area (Å²) in [5.74, 6) is -1.27. The van der Waals surface area contributed by atoms with E-state index in [1.807, 2.05) is 26.0 Å². The van der Waals surface area contributed by atoms with E-state index in [0.29, 0.717) is 24.2 Å². The number of carbonyl (C=O) groups is 2. The Bertz CT molecular complexity index is 1350. The minimum Gasteiger partial charge on any atom is -0.354 e. The molecule has 3 aromatic carbocycles.